The van der Waals surface area contributed by atoms with Crippen LogP contribution in [-0.4, -0.2) is 17.2 Å². The largest absolute Gasteiger partial charge is 0.400 e. The molecule has 1 heterocycles. The van der Waals surface area contributed by atoms with Gasteiger partial charge < -0.3 is 12.5 Å². The minimum absolute atomic E-state index is 0. The molecule has 0 bridgehead atoms. The normalized spacial score (nSPS) is 5.00. The first kappa shape index (κ1) is 22.8. The van der Waals surface area contributed by atoms with Crippen molar-refractivity contribution >= 4 is 0 Å². The number of hydrogen-bond donors (Lipinski definition) is 1. The fraction of sp³-hybridized carbons (Fsp3) is 0.333. The van der Waals surface area contributed by atoms with Crippen LogP contribution in [0.25, 0.3) is 0 Å². The maximum absolute atomic E-state index is 7.00. The van der Waals surface area contributed by atoms with Crippen molar-refractivity contribution in [3.8, 4) is 0 Å². The van der Waals surface area contributed by atoms with Crippen molar-refractivity contribution in [2.75, 3.05) is 7.11 Å². The van der Waals surface area contributed by atoms with Crippen LogP contribution in [0, 0.1) is 7.43 Å². The van der Waals surface area contributed by atoms with Gasteiger partial charge in [-0.2, -0.15) is 0 Å². The first-order valence-electron chi connectivity index (χ1n) is 3.30. The SMILES string of the molecule is CC.CO.[CH3-].[Y].c1ccncc1. The molecule has 0 fully saturated rings. The summed E-state index contributed by atoms with van der Waals surface area (Å²) >= 11 is 0. The molecule has 0 saturated carbocycles. The summed E-state index contributed by atoms with van der Waals surface area (Å²) in [5, 5.41) is 7.00. The molecule has 0 aliphatic carbocycles. The van der Waals surface area contributed by atoms with Gasteiger partial charge in [-0.3, -0.25) is 4.98 Å². The summed E-state index contributed by atoms with van der Waals surface area (Å²) in [7, 11) is 1.00. The maximum atomic E-state index is 7.00. The van der Waals surface area contributed by atoms with Crippen LogP contribution in [0.2, 0.25) is 0 Å². The molecule has 1 aromatic heterocycles. The summed E-state index contributed by atoms with van der Waals surface area (Å²) in [6.45, 7) is 4.00. The van der Waals surface area contributed by atoms with Gasteiger partial charge in [0.15, 0.2) is 0 Å². The van der Waals surface area contributed by atoms with Crippen LogP contribution in [-0.2, 0) is 32.7 Å². The fourth-order valence-corrected chi connectivity index (χ4v) is 0.313. The van der Waals surface area contributed by atoms with Crippen molar-refractivity contribution < 1.29 is 37.8 Å². The molecule has 1 N–H and O–H groups in total. The summed E-state index contributed by atoms with van der Waals surface area (Å²) in [6.07, 6.45) is 3.50. The van der Waals surface area contributed by atoms with Crippen molar-refractivity contribution in [1.29, 1.82) is 0 Å². The zero-order valence-corrected chi connectivity index (χ0v) is 11.2. The van der Waals surface area contributed by atoms with Gasteiger partial charge in [0.1, 0.15) is 0 Å². The Balaban J connectivity index is -0.0000000480. The monoisotopic (exact) mass is 245 g/mol. The van der Waals surface area contributed by atoms with E-state index in [0.29, 0.717) is 0 Å². The summed E-state index contributed by atoms with van der Waals surface area (Å²) < 4.78 is 0. The summed E-state index contributed by atoms with van der Waals surface area (Å²) in [6, 6.07) is 5.72. The third kappa shape index (κ3) is 22.5. The van der Waals surface area contributed by atoms with E-state index in [1.807, 2.05) is 32.0 Å². The number of aromatic nitrogens is 1. The Hall–Kier alpha value is 0.214. The maximum Gasteiger partial charge on any atom is 0.0319 e. The second-order valence-electron chi connectivity index (χ2n) is 1.02. The van der Waals surface area contributed by atoms with Crippen LogP contribution in [0.3, 0.4) is 0 Å². The van der Waals surface area contributed by atoms with Crippen LogP contribution in [0.1, 0.15) is 13.8 Å². The molecule has 0 aromatic carbocycles. The second kappa shape index (κ2) is 30.3. The Morgan fingerprint density at radius 2 is 1.25 bits per heavy atom. The Morgan fingerprint density at radius 1 is 0.917 bits per heavy atom. The molecular formula is C9H18NOY-. The van der Waals surface area contributed by atoms with Gasteiger partial charge in [0.05, 0.1) is 0 Å². The standard InChI is InChI=1S/C5H5N.C2H6.CH4O.CH3.Y/c1-2-4-6-5-3-1;2*1-2;;/h1-5H;1-2H3;2H,1H3;1H3;/q;;;-1;. The van der Waals surface area contributed by atoms with E-state index in [9.17, 15) is 0 Å². The van der Waals surface area contributed by atoms with E-state index in [1.165, 1.54) is 0 Å². The topological polar surface area (TPSA) is 33.1 Å². The van der Waals surface area contributed by atoms with E-state index in [-0.39, 0.29) is 40.1 Å². The van der Waals surface area contributed by atoms with Crippen LogP contribution >= 0.6 is 0 Å². The number of nitrogens with zero attached hydrogens (tertiary/aromatic N) is 1. The quantitative estimate of drug-likeness (QED) is 0.710. The van der Waals surface area contributed by atoms with Crippen LogP contribution in [0.15, 0.2) is 30.6 Å². The molecule has 12 heavy (non-hydrogen) atoms. The van der Waals surface area contributed by atoms with Gasteiger partial charge in [-0.05, 0) is 12.1 Å². The zero-order chi connectivity index (χ0) is 8.24. The fourth-order valence-electron chi connectivity index (χ4n) is 0.313. The van der Waals surface area contributed by atoms with Gasteiger partial charge in [-0.15, -0.1) is 0 Å². The predicted octanol–water partition coefficient (Wildman–Crippen LogP) is 2.16. The van der Waals surface area contributed by atoms with Crippen LogP contribution < -0.4 is 0 Å². The van der Waals surface area contributed by atoms with Crippen molar-refractivity contribution in [3.05, 3.63) is 38.0 Å². The van der Waals surface area contributed by atoms with E-state index in [4.69, 9.17) is 5.11 Å². The Morgan fingerprint density at radius 3 is 1.33 bits per heavy atom. The first-order valence-corrected chi connectivity index (χ1v) is 3.30. The van der Waals surface area contributed by atoms with Crippen molar-refractivity contribution in [1.82, 2.24) is 4.98 Å². The molecule has 0 aliphatic heterocycles. The van der Waals surface area contributed by atoms with Gasteiger partial charge in [0.2, 0.25) is 0 Å². The summed E-state index contributed by atoms with van der Waals surface area (Å²) in [5.74, 6) is 0. The summed E-state index contributed by atoms with van der Waals surface area (Å²) in [5.41, 5.74) is 0. The minimum Gasteiger partial charge on any atom is -0.400 e. The van der Waals surface area contributed by atoms with Gasteiger partial charge in [0, 0.05) is 52.2 Å². The second-order valence-corrected chi connectivity index (χ2v) is 1.02. The molecule has 0 unspecified atom stereocenters. The molecule has 3 heteroatoms. The van der Waals surface area contributed by atoms with Crippen molar-refractivity contribution in [3.63, 3.8) is 0 Å². The smallest absolute Gasteiger partial charge is 0.0319 e. The molecule has 1 rings (SSSR count). The molecule has 0 aliphatic rings. The molecule has 0 atom stereocenters. The van der Waals surface area contributed by atoms with Gasteiger partial charge in [0.25, 0.3) is 0 Å². The first-order chi connectivity index (χ1) is 5.00. The average Bonchev–Trinajstić information content (AvgIpc) is 2.14. The molecule has 69 valence electrons. The summed E-state index contributed by atoms with van der Waals surface area (Å²) in [4.78, 5) is 3.78. The van der Waals surface area contributed by atoms with Gasteiger partial charge in [-0.25, -0.2) is 0 Å². The van der Waals surface area contributed by atoms with E-state index >= 15 is 0 Å². The van der Waals surface area contributed by atoms with Gasteiger partial charge in [-0.1, -0.05) is 19.9 Å². The molecule has 0 spiro atoms. The zero-order valence-electron chi connectivity index (χ0n) is 8.36. The molecule has 0 saturated heterocycles. The number of aliphatic hydroxyl groups is 1. The number of rotatable bonds is 0. The van der Waals surface area contributed by atoms with E-state index in [0.717, 1.165) is 7.11 Å². The van der Waals surface area contributed by atoms with Gasteiger partial charge >= 0.3 is 0 Å². The predicted molar refractivity (Wildman–Crippen MR) is 50.1 cm³/mol. The van der Waals surface area contributed by atoms with Crippen molar-refractivity contribution in [2.45, 2.75) is 13.8 Å². The Kier molecular flexibility index (Phi) is 57.5. The van der Waals surface area contributed by atoms with E-state index in [2.05, 4.69) is 4.98 Å². The third-order valence-electron chi connectivity index (χ3n) is 0.566. The number of aliphatic hydroxyl groups excluding tert-OH is 1. The van der Waals surface area contributed by atoms with Crippen molar-refractivity contribution in [2.24, 2.45) is 0 Å². The Bertz CT molecular complexity index is 86.5. The molecule has 1 aromatic rings. The third-order valence-corrected chi connectivity index (χ3v) is 0.566. The Labute approximate surface area is 101 Å². The average molecular weight is 245 g/mol. The number of pyridine rings is 1. The molecule has 0 amide bonds. The molecular weight excluding hydrogens is 227 g/mol. The van der Waals surface area contributed by atoms with E-state index in [1.54, 1.807) is 12.4 Å². The van der Waals surface area contributed by atoms with Crippen LogP contribution in [0.5, 0.6) is 0 Å². The van der Waals surface area contributed by atoms with E-state index < -0.39 is 0 Å². The van der Waals surface area contributed by atoms with Crippen LogP contribution in [0.4, 0.5) is 0 Å². The molecule has 2 nitrogen and oxygen atoms in total. The molecule has 1 radical (unpaired) electrons. The number of hydrogen-bond acceptors (Lipinski definition) is 2. The minimum atomic E-state index is 0.